The second kappa shape index (κ2) is 4.77. The number of hydrogen-bond donors (Lipinski definition) is 0. The van der Waals surface area contributed by atoms with Crippen molar-refractivity contribution in [3.63, 3.8) is 0 Å². The van der Waals surface area contributed by atoms with Gasteiger partial charge in [-0.25, -0.2) is 4.90 Å². The van der Waals surface area contributed by atoms with E-state index in [9.17, 15) is 9.59 Å². The van der Waals surface area contributed by atoms with Gasteiger partial charge < -0.3 is 0 Å². The molecular formula is C15H11ClN2O2. The number of carbonyl (C=O) groups is 2. The number of anilines is 1. The van der Waals surface area contributed by atoms with Crippen molar-refractivity contribution in [1.82, 2.24) is 0 Å². The zero-order chi connectivity index (χ0) is 14.3. The average molecular weight is 287 g/mol. The van der Waals surface area contributed by atoms with Gasteiger partial charge in [0.05, 0.1) is 34.2 Å². The van der Waals surface area contributed by atoms with E-state index in [1.165, 1.54) is 12.1 Å². The van der Waals surface area contributed by atoms with Gasteiger partial charge in [-0.05, 0) is 31.0 Å². The molecular weight excluding hydrogens is 276 g/mol. The number of rotatable bonds is 1. The van der Waals surface area contributed by atoms with Crippen LogP contribution in [0.3, 0.4) is 0 Å². The van der Waals surface area contributed by atoms with E-state index in [0.29, 0.717) is 29.1 Å². The quantitative estimate of drug-likeness (QED) is 0.589. The van der Waals surface area contributed by atoms with Gasteiger partial charge in [0.15, 0.2) is 0 Å². The molecule has 0 bridgehead atoms. The molecule has 1 aromatic carbocycles. The standard InChI is InChI=1S/C15H11ClN2O2/c16-12-6-5-9(8-17)7-13(12)18-14(19)10-3-1-2-4-11(10)15(18)20/h1-2,5-7,10-11H,3-4H2/t10-,11+. The van der Waals surface area contributed by atoms with Gasteiger partial charge in [0, 0.05) is 0 Å². The molecule has 4 nitrogen and oxygen atoms in total. The highest BCUT2D eigenvalue weighted by molar-refractivity contribution is 6.36. The zero-order valence-corrected chi connectivity index (χ0v) is 11.3. The van der Waals surface area contributed by atoms with Gasteiger partial charge in [-0.2, -0.15) is 5.26 Å². The average Bonchev–Trinajstić information content (AvgIpc) is 2.72. The van der Waals surface area contributed by atoms with E-state index < -0.39 is 0 Å². The smallest absolute Gasteiger partial charge is 0.238 e. The van der Waals surface area contributed by atoms with Gasteiger partial charge in [-0.15, -0.1) is 0 Å². The molecule has 0 unspecified atom stereocenters. The minimum atomic E-state index is -0.297. The van der Waals surface area contributed by atoms with Gasteiger partial charge in [-0.1, -0.05) is 23.8 Å². The maximum Gasteiger partial charge on any atom is 0.238 e. The molecule has 2 amide bonds. The number of halogens is 1. The van der Waals surface area contributed by atoms with Crippen LogP contribution < -0.4 is 4.90 Å². The predicted molar refractivity (Wildman–Crippen MR) is 74.0 cm³/mol. The highest BCUT2D eigenvalue weighted by atomic mass is 35.5. The number of imide groups is 1. The van der Waals surface area contributed by atoms with Crippen molar-refractivity contribution in [2.24, 2.45) is 11.8 Å². The molecule has 1 fully saturated rings. The molecule has 0 saturated carbocycles. The third kappa shape index (κ3) is 1.83. The SMILES string of the molecule is N#Cc1ccc(Cl)c(N2C(=O)[C@H]3CC=CC[C@H]3C2=O)c1. The van der Waals surface area contributed by atoms with E-state index in [1.54, 1.807) is 6.07 Å². The third-order valence-electron chi connectivity index (χ3n) is 3.82. The molecule has 2 atom stereocenters. The number of benzene rings is 1. The molecule has 3 rings (SSSR count). The molecule has 1 saturated heterocycles. The van der Waals surface area contributed by atoms with Gasteiger partial charge >= 0.3 is 0 Å². The summed E-state index contributed by atoms with van der Waals surface area (Å²) in [5.41, 5.74) is 0.688. The summed E-state index contributed by atoms with van der Waals surface area (Å²) in [6.07, 6.45) is 5.04. The Labute approximate surface area is 121 Å². The number of hydrogen-bond acceptors (Lipinski definition) is 3. The molecule has 0 aromatic heterocycles. The first-order valence-electron chi connectivity index (χ1n) is 6.36. The summed E-state index contributed by atoms with van der Waals surface area (Å²) in [7, 11) is 0. The molecule has 2 aliphatic rings. The van der Waals surface area contributed by atoms with E-state index in [4.69, 9.17) is 16.9 Å². The van der Waals surface area contributed by atoms with Crippen LogP contribution in [0.5, 0.6) is 0 Å². The highest BCUT2D eigenvalue weighted by Gasteiger charge is 2.48. The summed E-state index contributed by atoms with van der Waals surface area (Å²) in [4.78, 5) is 26.0. The van der Waals surface area contributed by atoms with Crippen molar-refractivity contribution in [1.29, 1.82) is 5.26 Å². The third-order valence-corrected chi connectivity index (χ3v) is 4.14. The van der Waals surface area contributed by atoms with Crippen LogP contribution in [0.1, 0.15) is 18.4 Å². The lowest BCUT2D eigenvalue weighted by Crippen LogP contribution is -2.31. The Morgan fingerprint density at radius 1 is 1.15 bits per heavy atom. The van der Waals surface area contributed by atoms with Gasteiger partial charge in [0.2, 0.25) is 11.8 Å². The van der Waals surface area contributed by atoms with Crippen molar-refractivity contribution >= 4 is 29.1 Å². The Bertz CT molecular complexity index is 649. The zero-order valence-electron chi connectivity index (χ0n) is 10.5. The number of amides is 2. The van der Waals surface area contributed by atoms with Crippen molar-refractivity contribution in [3.8, 4) is 6.07 Å². The minimum absolute atomic E-state index is 0.221. The first-order chi connectivity index (χ1) is 9.63. The molecule has 5 heteroatoms. The van der Waals surface area contributed by atoms with E-state index in [-0.39, 0.29) is 23.7 Å². The largest absolute Gasteiger partial charge is 0.274 e. The Balaban J connectivity index is 2.05. The van der Waals surface area contributed by atoms with Crippen molar-refractivity contribution < 1.29 is 9.59 Å². The van der Waals surface area contributed by atoms with Crippen LogP contribution in [-0.4, -0.2) is 11.8 Å². The van der Waals surface area contributed by atoms with Crippen LogP contribution in [0.25, 0.3) is 0 Å². The number of nitriles is 1. The lowest BCUT2D eigenvalue weighted by atomic mass is 9.85. The molecule has 1 aliphatic carbocycles. The second-order valence-corrected chi connectivity index (χ2v) is 5.35. The fourth-order valence-corrected chi connectivity index (χ4v) is 2.99. The lowest BCUT2D eigenvalue weighted by molar-refractivity contribution is -0.122. The van der Waals surface area contributed by atoms with Crippen LogP contribution >= 0.6 is 11.6 Å². The Hall–Kier alpha value is -2.12. The van der Waals surface area contributed by atoms with E-state index in [1.807, 2.05) is 18.2 Å². The van der Waals surface area contributed by atoms with Crippen LogP contribution in [0.15, 0.2) is 30.4 Å². The van der Waals surface area contributed by atoms with Crippen LogP contribution in [0, 0.1) is 23.2 Å². The number of nitrogens with zero attached hydrogens (tertiary/aromatic N) is 2. The number of carbonyl (C=O) groups excluding carboxylic acids is 2. The highest BCUT2D eigenvalue weighted by Crippen LogP contribution is 2.40. The number of allylic oxidation sites excluding steroid dienone is 2. The Morgan fingerprint density at radius 3 is 2.30 bits per heavy atom. The van der Waals surface area contributed by atoms with Gasteiger partial charge in [0.25, 0.3) is 0 Å². The van der Waals surface area contributed by atoms with Crippen molar-refractivity contribution in [2.45, 2.75) is 12.8 Å². The summed E-state index contributed by atoms with van der Waals surface area (Å²) < 4.78 is 0. The normalized spacial score (nSPS) is 24.7. The van der Waals surface area contributed by atoms with E-state index in [0.717, 1.165) is 4.90 Å². The van der Waals surface area contributed by atoms with Crippen LogP contribution in [-0.2, 0) is 9.59 Å². The molecule has 1 aliphatic heterocycles. The Morgan fingerprint density at radius 2 is 1.75 bits per heavy atom. The predicted octanol–water partition coefficient (Wildman–Crippen LogP) is 2.67. The molecule has 100 valence electrons. The second-order valence-electron chi connectivity index (χ2n) is 4.95. The van der Waals surface area contributed by atoms with E-state index in [2.05, 4.69) is 0 Å². The lowest BCUT2D eigenvalue weighted by Gasteiger charge is -2.16. The summed E-state index contributed by atoms with van der Waals surface area (Å²) in [6, 6.07) is 6.58. The molecule has 1 aromatic rings. The fraction of sp³-hybridized carbons (Fsp3) is 0.267. The fourth-order valence-electron chi connectivity index (χ4n) is 2.79. The topological polar surface area (TPSA) is 61.2 Å². The van der Waals surface area contributed by atoms with Crippen LogP contribution in [0.2, 0.25) is 5.02 Å². The van der Waals surface area contributed by atoms with Gasteiger partial charge in [0.1, 0.15) is 0 Å². The minimum Gasteiger partial charge on any atom is -0.274 e. The summed E-state index contributed by atoms with van der Waals surface area (Å²) in [5, 5.41) is 9.25. The van der Waals surface area contributed by atoms with Gasteiger partial charge in [-0.3, -0.25) is 9.59 Å². The molecule has 1 heterocycles. The first kappa shape index (κ1) is 12.9. The summed E-state index contributed by atoms with van der Waals surface area (Å²) in [6.45, 7) is 0. The van der Waals surface area contributed by atoms with Crippen molar-refractivity contribution in [2.75, 3.05) is 4.90 Å². The molecule has 0 radical (unpaired) electrons. The Kier molecular flexibility index (Phi) is 3.07. The monoisotopic (exact) mass is 286 g/mol. The number of fused-ring (bicyclic) bond motifs is 1. The maximum atomic E-state index is 12.4. The molecule has 0 N–H and O–H groups in total. The van der Waals surface area contributed by atoms with Crippen molar-refractivity contribution in [3.05, 3.63) is 40.9 Å². The summed E-state index contributed by atoms with van der Waals surface area (Å²) >= 11 is 6.09. The molecule has 0 spiro atoms. The van der Waals surface area contributed by atoms with Crippen LogP contribution in [0.4, 0.5) is 5.69 Å². The summed E-state index contributed by atoms with van der Waals surface area (Å²) in [5.74, 6) is -1.04. The van der Waals surface area contributed by atoms with E-state index >= 15 is 0 Å². The first-order valence-corrected chi connectivity index (χ1v) is 6.73. The maximum absolute atomic E-state index is 12.4. The molecule has 20 heavy (non-hydrogen) atoms.